The summed E-state index contributed by atoms with van der Waals surface area (Å²) in [6.07, 6.45) is 6.66. The summed E-state index contributed by atoms with van der Waals surface area (Å²) in [5.41, 5.74) is 2.13. The van der Waals surface area contributed by atoms with Gasteiger partial charge in [-0.15, -0.1) is 0 Å². The third kappa shape index (κ3) is 5.66. The van der Waals surface area contributed by atoms with Crippen LogP contribution < -0.4 is 14.9 Å². The molecule has 168 valence electrons. The Bertz CT molecular complexity index is 819. The molecular weight excluding hydrogens is 400 g/mol. The lowest BCUT2D eigenvalue weighted by Gasteiger charge is -2.27. The second kappa shape index (κ2) is 10.5. The number of nitrogens with one attached hydrogen (secondary N) is 2. The minimum Gasteiger partial charge on any atom is -0.385 e. The van der Waals surface area contributed by atoms with Crippen LogP contribution in [0.2, 0.25) is 0 Å². The van der Waals surface area contributed by atoms with Crippen molar-refractivity contribution in [3.05, 3.63) is 29.8 Å². The van der Waals surface area contributed by atoms with Gasteiger partial charge in [-0.3, -0.25) is 9.30 Å². The van der Waals surface area contributed by atoms with Gasteiger partial charge in [0.15, 0.2) is 5.96 Å². The van der Waals surface area contributed by atoms with Crippen LogP contribution in [0.15, 0.2) is 29.3 Å². The number of methoxy groups -OCH3 is 1. The van der Waals surface area contributed by atoms with Gasteiger partial charge in [0, 0.05) is 39.9 Å². The molecule has 0 spiro atoms. The van der Waals surface area contributed by atoms with E-state index in [2.05, 4.69) is 10.6 Å². The SMILES string of the molecule is CCNC(=NCC1(CCOC)CCCC1)NCCS(=O)(=O)N1CCc2ccccc21. The van der Waals surface area contributed by atoms with Crippen molar-refractivity contribution in [3.8, 4) is 0 Å². The molecule has 1 aliphatic carbocycles. The molecule has 3 rings (SSSR count). The van der Waals surface area contributed by atoms with E-state index in [0.717, 1.165) is 43.8 Å². The molecule has 0 bridgehead atoms. The molecule has 1 aromatic carbocycles. The zero-order chi connectivity index (χ0) is 21.5. The van der Waals surface area contributed by atoms with Gasteiger partial charge in [0.2, 0.25) is 10.0 Å². The van der Waals surface area contributed by atoms with Crippen LogP contribution in [0, 0.1) is 5.41 Å². The number of nitrogens with zero attached hydrogens (tertiary/aromatic N) is 2. The number of rotatable bonds is 10. The van der Waals surface area contributed by atoms with Crippen molar-refractivity contribution in [1.82, 2.24) is 10.6 Å². The number of para-hydroxylation sites is 1. The van der Waals surface area contributed by atoms with E-state index >= 15 is 0 Å². The fourth-order valence-corrected chi connectivity index (χ4v) is 5.95. The van der Waals surface area contributed by atoms with Crippen LogP contribution in [0.5, 0.6) is 0 Å². The highest BCUT2D eigenvalue weighted by molar-refractivity contribution is 7.92. The maximum atomic E-state index is 12.9. The molecule has 8 heteroatoms. The van der Waals surface area contributed by atoms with Crippen LogP contribution in [0.25, 0.3) is 0 Å². The zero-order valence-corrected chi connectivity index (χ0v) is 19.1. The highest BCUT2D eigenvalue weighted by Crippen LogP contribution is 2.41. The van der Waals surface area contributed by atoms with Crippen molar-refractivity contribution in [1.29, 1.82) is 0 Å². The molecule has 1 heterocycles. The molecule has 1 aromatic rings. The van der Waals surface area contributed by atoms with Crippen LogP contribution in [-0.4, -0.2) is 60.0 Å². The maximum Gasteiger partial charge on any atom is 0.236 e. The zero-order valence-electron chi connectivity index (χ0n) is 18.3. The normalized spacial score (nSPS) is 18.5. The van der Waals surface area contributed by atoms with E-state index in [0.29, 0.717) is 19.0 Å². The van der Waals surface area contributed by atoms with Crippen LogP contribution in [0.3, 0.4) is 0 Å². The smallest absolute Gasteiger partial charge is 0.236 e. The van der Waals surface area contributed by atoms with Gasteiger partial charge in [0.25, 0.3) is 0 Å². The Morgan fingerprint density at radius 2 is 2.00 bits per heavy atom. The van der Waals surface area contributed by atoms with Crippen molar-refractivity contribution >= 4 is 21.7 Å². The Labute approximate surface area is 181 Å². The highest BCUT2D eigenvalue weighted by Gasteiger charge is 2.33. The van der Waals surface area contributed by atoms with E-state index in [4.69, 9.17) is 9.73 Å². The van der Waals surface area contributed by atoms with Crippen LogP contribution in [0.4, 0.5) is 5.69 Å². The Morgan fingerprint density at radius 1 is 1.23 bits per heavy atom. The van der Waals surface area contributed by atoms with E-state index in [1.54, 1.807) is 11.4 Å². The average molecular weight is 437 g/mol. The van der Waals surface area contributed by atoms with Gasteiger partial charge in [0.05, 0.1) is 11.4 Å². The number of guanidine groups is 1. The monoisotopic (exact) mass is 436 g/mol. The summed E-state index contributed by atoms with van der Waals surface area (Å²) in [6, 6.07) is 7.74. The lowest BCUT2D eigenvalue weighted by atomic mass is 9.83. The Balaban J connectivity index is 1.57. The summed E-state index contributed by atoms with van der Waals surface area (Å²) in [5.74, 6) is 0.735. The van der Waals surface area contributed by atoms with E-state index in [9.17, 15) is 8.42 Å². The number of fused-ring (bicyclic) bond motifs is 1. The molecule has 30 heavy (non-hydrogen) atoms. The second-order valence-corrected chi connectivity index (χ2v) is 10.4. The fourth-order valence-electron chi connectivity index (χ4n) is 4.52. The van der Waals surface area contributed by atoms with Gasteiger partial charge in [0.1, 0.15) is 0 Å². The molecule has 1 saturated carbocycles. The van der Waals surface area contributed by atoms with Crippen molar-refractivity contribution in [2.24, 2.45) is 10.4 Å². The summed E-state index contributed by atoms with van der Waals surface area (Å²) >= 11 is 0. The minimum absolute atomic E-state index is 0.0422. The lowest BCUT2D eigenvalue weighted by molar-refractivity contribution is 0.141. The van der Waals surface area contributed by atoms with Gasteiger partial charge in [-0.05, 0) is 49.7 Å². The second-order valence-electron chi connectivity index (χ2n) is 8.34. The summed E-state index contributed by atoms with van der Waals surface area (Å²) in [4.78, 5) is 4.80. The molecular formula is C22H36N4O3S. The third-order valence-electron chi connectivity index (χ3n) is 6.25. The van der Waals surface area contributed by atoms with E-state index < -0.39 is 10.0 Å². The average Bonchev–Trinajstić information content (AvgIpc) is 3.38. The molecule has 1 fully saturated rings. The summed E-state index contributed by atoms with van der Waals surface area (Å²) in [6.45, 7) is 5.12. The number of aliphatic imine (C=N–C) groups is 1. The van der Waals surface area contributed by atoms with E-state index in [1.165, 1.54) is 25.7 Å². The molecule has 0 saturated heterocycles. The van der Waals surface area contributed by atoms with E-state index in [1.807, 2.05) is 31.2 Å². The number of hydrogen-bond donors (Lipinski definition) is 2. The molecule has 0 amide bonds. The number of anilines is 1. The van der Waals surface area contributed by atoms with Crippen LogP contribution in [0.1, 0.15) is 44.6 Å². The quantitative estimate of drug-likeness (QED) is 0.435. The van der Waals surface area contributed by atoms with Crippen molar-refractivity contribution in [2.45, 2.75) is 45.4 Å². The molecule has 1 aliphatic heterocycles. The third-order valence-corrected chi connectivity index (χ3v) is 8.02. The maximum absolute atomic E-state index is 12.9. The predicted octanol–water partition coefficient (Wildman–Crippen LogP) is 2.53. The molecule has 0 aromatic heterocycles. The Kier molecular flexibility index (Phi) is 7.99. The van der Waals surface area contributed by atoms with Gasteiger partial charge in [-0.1, -0.05) is 31.0 Å². The topological polar surface area (TPSA) is 83.0 Å². The van der Waals surface area contributed by atoms with Crippen molar-refractivity contribution in [3.63, 3.8) is 0 Å². The first-order valence-electron chi connectivity index (χ1n) is 11.1. The highest BCUT2D eigenvalue weighted by atomic mass is 32.2. The molecule has 7 nitrogen and oxygen atoms in total. The fraction of sp³-hybridized carbons (Fsp3) is 0.682. The molecule has 2 N–H and O–H groups in total. The first-order valence-corrected chi connectivity index (χ1v) is 12.7. The molecule has 0 radical (unpaired) electrons. The number of hydrogen-bond acceptors (Lipinski definition) is 4. The minimum atomic E-state index is -3.37. The van der Waals surface area contributed by atoms with Gasteiger partial charge >= 0.3 is 0 Å². The van der Waals surface area contributed by atoms with Crippen molar-refractivity contribution < 1.29 is 13.2 Å². The number of sulfonamides is 1. The molecule has 0 unspecified atom stereocenters. The molecule has 2 aliphatic rings. The summed E-state index contributed by atoms with van der Waals surface area (Å²) in [5, 5.41) is 6.47. The van der Waals surface area contributed by atoms with Gasteiger partial charge < -0.3 is 15.4 Å². The number of benzene rings is 1. The van der Waals surface area contributed by atoms with E-state index in [-0.39, 0.29) is 11.2 Å². The summed E-state index contributed by atoms with van der Waals surface area (Å²) in [7, 11) is -1.62. The van der Waals surface area contributed by atoms with Crippen molar-refractivity contribution in [2.75, 3.05) is 50.0 Å². The van der Waals surface area contributed by atoms with Gasteiger partial charge in [-0.2, -0.15) is 0 Å². The predicted molar refractivity (Wildman–Crippen MR) is 123 cm³/mol. The standard InChI is InChI=1S/C22H36N4O3S/c1-3-23-21(25-18-22(13-16-29-2)11-6-7-12-22)24-14-17-30(27,28)26-15-10-19-8-4-5-9-20(19)26/h4-5,8-9H,3,6-7,10-18H2,1-2H3,(H2,23,24,25). The number of ether oxygens (including phenoxy) is 1. The Hall–Kier alpha value is -1.80. The lowest BCUT2D eigenvalue weighted by Crippen LogP contribution is -2.42. The molecule has 0 atom stereocenters. The first-order chi connectivity index (χ1) is 14.5. The summed E-state index contributed by atoms with van der Waals surface area (Å²) < 4.78 is 32.6. The van der Waals surface area contributed by atoms with Gasteiger partial charge in [-0.25, -0.2) is 8.42 Å². The Morgan fingerprint density at radius 3 is 2.73 bits per heavy atom. The van der Waals surface area contributed by atoms with Crippen LogP contribution >= 0.6 is 0 Å². The van der Waals surface area contributed by atoms with Crippen LogP contribution in [-0.2, 0) is 21.2 Å². The largest absolute Gasteiger partial charge is 0.385 e. The first kappa shape index (κ1) is 22.9.